The van der Waals surface area contributed by atoms with Gasteiger partial charge in [0, 0.05) is 30.2 Å². The third-order valence-corrected chi connectivity index (χ3v) is 2.62. The molecule has 0 heterocycles. The standard InChI is InChI=1S/C14H19ClN2O/c1-4-9-18-14-6-5-13(15)10-12(14)11-16-7-8-17(2)3/h1,5-6,10,16H,7-9,11H2,2-3H3. The van der Waals surface area contributed by atoms with Gasteiger partial charge in [-0.25, -0.2) is 0 Å². The molecule has 0 aliphatic carbocycles. The topological polar surface area (TPSA) is 24.5 Å². The number of terminal acetylenes is 1. The molecule has 98 valence electrons. The molecule has 1 rings (SSSR count). The Morgan fingerprint density at radius 2 is 2.22 bits per heavy atom. The summed E-state index contributed by atoms with van der Waals surface area (Å²) < 4.78 is 5.47. The third kappa shape index (κ3) is 5.42. The average Bonchev–Trinajstić information content (AvgIpc) is 2.33. The minimum absolute atomic E-state index is 0.270. The Kier molecular flexibility index (Phi) is 6.59. The Labute approximate surface area is 114 Å². The van der Waals surface area contributed by atoms with Crippen molar-refractivity contribution in [3.8, 4) is 18.1 Å². The molecule has 1 aromatic rings. The zero-order chi connectivity index (χ0) is 13.4. The van der Waals surface area contributed by atoms with Crippen LogP contribution in [0.2, 0.25) is 5.02 Å². The highest BCUT2D eigenvalue weighted by molar-refractivity contribution is 6.30. The van der Waals surface area contributed by atoms with Crippen molar-refractivity contribution in [3.63, 3.8) is 0 Å². The van der Waals surface area contributed by atoms with E-state index in [0.717, 1.165) is 24.4 Å². The lowest BCUT2D eigenvalue weighted by molar-refractivity contribution is 0.363. The molecule has 0 saturated heterocycles. The van der Waals surface area contributed by atoms with Crippen molar-refractivity contribution in [3.05, 3.63) is 28.8 Å². The molecule has 1 aromatic carbocycles. The van der Waals surface area contributed by atoms with Gasteiger partial charge in [0.2, 0.25) is 0 Å². The number of rotatable bonds is 7. The van der Waals surface area contributed by atoms with Gasteiger partial charge in [0.15, 0.2) is 0 Å². The first-order valence-corrected chi connectivity index (χ1v) is 6.21. The molecule has 0 aliphatic heterocycles. The van der Waals surface area contributed by atoms with E-state index < -0.39 is 0 Å². The Hall–Kier alpha value is -1.21. The summed E-state index contributed by atoms with van der Waals surface area (Å²) in [6.07, 6.45) is 5.19. The zero-order valence-electron chi connectivity index (χ0n) is 10.9. The van der Waals surface area contributed by atoms with Crippen LogP contribution in [0.15, 0.2) is 18.2 Å². The van der Waals surface area contributed by atoms with Crippen molar-refractivity contribution in [2.45, 2.75) is 6.54 Å². The Morgan fingerprint density at radius 1 is 1.44 bits per heavy atom. The number of ether oxygens (including phenoxy) is 1. The molecule has 0 unspecified atom stereocenters. The van der Waals surface area contributed by atoms with Gasteiger partial charge in [-0.3, -0.25) is 0 Å². The maximum Gasteiger partial charge on any atom is 0.148 e. The second-order valence-corrected chi connectivity index (χ2v) is 4.66. The second-order valence-electron chi connectivity index (χ2n) is 4.22. The van der Waals surface area contributed by atoms with E-state index in [-0.39, 0.29) is 6.61 Å². The van der Waals surface area contributed by atoms with Gasteiger partial charge in [-0.2, -0.15) is 0 Å². The van der Waals surface area contributed by atoms with Gasteiger partial charge in [-0.15, -0.1) is 6.42 Å². The van der Waals surface area contributed by atoms with Gasteiger partial charge in [0.1, 0.15) is 12.4 Å². The Bertz CT molecular complexity index is 413. The molecule has 4 heteroatoms. The van der Waals surface area contributed by atoms with Crippen LogP contribution in [-0.4, -0.2) is 38.7 Å². The van der Waals surface area contributed by atoms with E-state index in [2.05, 4.69) is 16.1 Å². The summed E-state index contributed by atoms with van der Waals surface area (Å²) in [7, 11) is 4.09. The van der Waals surface area contributed by atoms with Gasteiger partial charge in [-0.05, 0) is 32.3 Å². The van der Waals surface area contributed by atoms with Crippen molar-refractivity contribution in [2.24, 2.45) is 0 Å². The summed E-state index contributed by atoms with van der Waals surface area (Å²) in [5.41, 5.74) is 1.02. The van der Waals surface area contributed by atoms with E-state index >= 15 is 0 Å². The predicted octanol–water partition coefficient (Wildman–Crippen LogP) is 2.00. The molecule has 3 nitrogen and oxygen atoms in total. The van der Waals surface area contributed by atoms with Crippen LogP contribution in [0, 0.1) is 12.3 Å². The number of likely N-dealkylation sites (N-methyl/N-ethyl adjacent to an activating group) is 1. The van der Waals surface area contributed by atoms with Gasteiger partial charge < -0.3 is 15.0 Å². The monoisotopic (exact) mass is 266 g/mol. The number of halogens is 1. The highest BCUT2D eigenvalue weighted by Crippen LogP contribution is 2.22. The van der Waals surface area contributed by atoms with Crippen LogP contribution in [0.5, 0.6) is 5.75 Å². The molecule has 18 heavy (non-hydrogen) atoms. The number of hydrogen-bond donors (Lipinski definition) is 1. The fraction of sp³-hybridized carbons (Fsp3) is 0.429. The van der Waals surface area contributed by atoms with Crippen LogP contribution in [0.3, 0.4) is 0 Å². The quantitative estimate of drug-likeness (QED) is 0.604. The van der Waals surface area contributed by atoms with Crippen LogP contribution >= 0.6 is 11.6 Å². The van der Waals surface area contributed by atoms with Crippen LogP contribution in [0.1, 0.15) is 5.56 Å². The van der Waals surface area contributed by atoms with Gasteiger partial charge in [0.05, 0.1) is 0 Å². The summed E-state index contributed by atoms with van der Waals surface area (Å²) >= 11 is 5.98. The maximum absolute atomic E-state index is 5.98. The van der Waals surface area contributed by atoms with E-state index in [4.69, 9.17) is 22.8 Å². The highest BCUT2D eigenvalue weighted by atomic mass is 35.5. The Balaban J connectivity index is 2.56. The van der Waals surface area contributed by atoms with Crippen LogP contribution in [0.4, 0.5) is 0 Å². The fourth-order valence-electron chi connectivity index (χ4n) is 1.47. The van der Waals surface area contributed by atoms with E-state index in [1.54, 1.807) is 6.07 Å². The second kappa shape index (κ2) is 7.99. The largest absolute Gasteiger partial charge is 0.481 e. The normalized spacial score (nSPS) is 10.4. The van der Waals surface area contributed by atoms with Gasteiger partial charge in [0.25, 0.3) is 0 Å². The highest BCUT2D eigenvalue weighted by Gasteiger charge is 2.04. The minimum Gasteiger partial charge on any atom is -0.481 e. The lowest BCUT2D eigenvalue weighted by Crippen LogP contribution is -2.26. The molecule has 0 fully saturated rings. The first-order chi connectivity index (χ1) is 8.63. The molecule has 0 aliphatic rings. The maximum atomic E-state index is 5.98. The fourth-order valence-corrected chi connectivity index (χ4v) is 1.67. The lowest BCUT2D eigenvalue weighted by Gasteiger charge is -2.13. The summed E-state index contributed by atoms with van der Waals surface area (Å²) in [6, 6.07) is 5.55. The van der Waals surface area contributed by atoms with Gasteiger partial charge >= 0.3 is 0 Å². The zero-order valence-corrected chi connectivity index (χ0v) is 11.6. The number of hydrogen-bond acceptors (Lipinski definition) is 3. The molecule has 0 amide bonds. The van der Waals surface area contributed by atoms with Crippen molar-refractivity contribution in [1.82, 2.24) is 10.2 Å². The predicted molar refractivity (Wildman–Crippen MR) is 76.0 cm³/mol. The van der Waals surface area contributed by atoms with Crippen LogP contribution in [-0.2, 0) is 6.54 Å². The molecule has 1 N–H and O–H groups in total. The van der Waals surface area contributed by atoms with Crippen molar-refractivity contribution in [2.75, 3.05) is 33.8 Å². The first-order valence-electron chi connectivity index (χ1n) is 5.83. The Morgan fingerprint density at radius 3 is 2.89 bits per heavy atom. The van der Waals surface area contributed by atoms with E-state index in [1.165, 1.54) is 0 Å². The first kappa shape index (κ1) is 14.8. The van der Waals surface area contributed by atoms with Crippen molar-refractivity contribution in [1.29, 1.82) is 0 Å². The van der Waals surface area contributed by atoms with Crippen LogP contribution < -0.4 is 10.1 Å². The average molecular weight is 267 g/mol. The van der Waals surface area contributed by atoms with E-state index in [1.807, 2.05) is 26.2 Å². The van der Waals surface area contributed by atoms with E-state index in [0.29, 0.717) is 11.6 Å². The molecule has 0 radical (unpaired) electrons. The molecule has 0 aromatic heterocycles. The summed E-state index contributed by atoms with van der Waals surface area (Å²) in [5.74, 6) is 3.24. The molecule has 0 atom stereocenters. The molecule has 0 saturated carbocycles. The summed E-state index contributed by atoms with van der Waals surface area (Å²) in [5, 5.41) is 4.05. The summed E-state index contributed by atoms with van der Waals surface area (Å²) in [4.78, 5) is 2.13. The molecule has 0 bridgehead atoms. The smallest absolute Gasteiger partial charge is 0.148 e. The molecular formula is C14H19ClN2O. The van der Waals surface area contributed by atoms with Crippen molar-refractivity contribution < 1.29 is 4.74 Å². The molecular weight excluding hydrogens is 248 g/mol. The lowest BCUT2D eigenvalue weighted by atomic mass is 10.2. The van der Waals surface area contributed by atoms with Crippen molar-refractivity contribution >= 4 is 11.6 Å². The third-order valence-electron chi connectivity index (χ3n) is 2.38. The number of benzene rings is 1. The summed E-state index contributed by atoms with van der Waals surface area (Å²) in [6.45, 7) is 2.88. The minimum atomic E-state index is 0.270. The molecule has 0 spiro atoms. The number of nitrogens with zero attached hydrogens (tertiary/aromatic N) is 1. The van der Waals surface area contributed by atoms with Gasteiger partial charge in [-0.1, -0.05) is 17.5 Å². The van der Waals surface area contributed by atoms with Crippen LogP contribution in [0.25, 0.3) is 0 Å². The SMILES string of the molecule is C#CCOc1ccc(Cl)cc1CNCCN(C)C. The van der Waals surface area contributed by atoms with E-state index in [9.17, 15) is 0 Å². The number of nitrogens with one attached hydrogen (secondary N) is 1.